The number of benzene rings is 3. The summed E-state index contributed by atoms with van der Waals surface area (Å²) in [5, 5.41) is 10.4. The number of rotatable bonds is 4. The van der Waals surface area contributed by atoms with Gasteiger partial charge in [-0.25, -0.2) is 0 Å². The molecule has 0 aliphatic carbocycles. The molecule has 1 radical (unpaired) electrons. The molecule has 0 fully saturated rings. The SMILES string of the molecule is O=C(c1ccccc1-c1ccccc1)C(O)c1ccccc1.[Mn]. The topological polar surface area (TPSA) is 37.3 Å². The normalized spacial score (nSPS) is 11.3. The van der Waals surface area contributed by atoms with Gasteiger partial charge in [-0.1, -0.05) is 84.9 Å². The van der Waals surface area contributed by atoms with Crippen LogP contribution < -0.4 is 0 Å². The minimum Gasteiger partial charge on any atom is -0.380 e. The van der Waals surface area contributed by atoms with Gasteiger partial charge in [0, 0.05) is 22.6 Å². The van der Waals surface area contributed by atoms with E-state index in [0.29, 0.717) is 11.1 Å². The van der Waals surface area contributed by atoms with Crippen molar-refractivity contribution in [2.45, 2.75) is 6.10 Å². The predicted octanol–water partition coefficient (Wildman–Crippen LogP) is 4.27. The molecule has 3 heteroatoms. The first-order valence-electron chi connectivity index (χ1n) is 7.19. The first kappa shape index (κ1) is 17.2. The predicted molar refractivity (Wildman–Crippen MR) is 87.6 cm³/mol. The number of hydrogen-bond acceptors (Lipinski definition) is 2. The smallest absolute Gasteiger partial charge is 0.196 e. The number of carbonyl (C=O) groups is 1. The molecule has 0 saturated carbocycles. The molecule has 0 saturated heterocycles. The van der Waals surface area contributed by atoms with Crippen LogP contribution in [0.4, 0.5) is 0 Å². The maximum atomic E-state index is 12.7. The number of aliphatic hydroxyl groups is 1. The molecule has 0 amide bonds. The van der Waals surface area contributed by atoms with Gasteiger partial charge in [0.1, 0.15) is 6.10 Å². The van der Waals surface area contributed by atoms with E-state index in [-0.39, 0.29) is 22.9 Å². The Kier molecular flexibility index (Phi) is 5.89. The molecule has 3 aromatic carbocycles. The second kappa shape index (κ2) is 7.89. The number of ketones is 1. The molecule has 1 atom stereocenters. The fourth-order valence-corrected chi connectivity index (χ4v) is 2.50. The number of carbonyl (C=O) groups excluding carboxylic acids is 1. The van der Waals surface area contributed by atoms with Crippen molar-refractivity contribution in [2.24, 2.45) is 0 Å². The van der Waals surface area contributed by atoms with E-state index in [4.69, 9.17) is 0 Å². The molecule has 2 nitrogen and oxygen atoms in total. The summed E-state index contributed by atoms with van der Waals surface area (Å²) >= 11 is 0. The molecule has 0 aliphatic heterocycles. The van der Waals surface area contributed by atoms with Crippen LogP contribution in [-0.4, -0.2) is 10.9 Å². The summed E-state index contributed by atoms with van der Waals surface area (Å²) in [6.45, 7) is 0. The van der Waals surface area contributed by atoms with Crippen LogP contribution in [0.25, 0.3) is 11.1 Å². The second-order valence-corrected chi connectivity index (χ2v) is 5.09. The quantitative estimate of drug-likeness (QED) is 0.567. The van der Waals surface area contributed by atoms with Gasteiger partial charge < -0.3 is 5.11 Å². The van der Waals surface area contributed by atoms with Crippen molar-refractivity contribution >= 4 is 5.78 Å². The fourth-order valence-electron chi connectivity index (χ4n) is 2.50. The summed E-state index contributed by atoms with van der Waals surface area (Å²) < 4.78 is 0. The van der Waals surface area contributed by atoms with Crippen LogP contribution in [0.15, 0.2) is 84.9 Å². The molecule has 1 N–H and O–H groups in total. The largest absolute Gasteiger partial charge is 0.380 e. The van der Waals surface area contributed by atoms with Crippen molar-refractivity contribution in [2.75, 3.05) is 0 Å². The van der Waals surface area contributed by atoms with E-state index in [1.165, 1.54) is 0 Å². The summed E-state index contributed by atoms with van der Waals surface area (Å²) in [6.07, 6.45) is -1.15. The van der Waals surface area contributed by atoms with E-state index in [0.717, 1.165) is 11.1 Å². The Bertz CT molecular complexity index is 770. The van der Waals surface area contributed by atoms with Crippen molar-refractivity contribution in [3.05, 3.63) is 96.1 Å². The second-order valence-electron chi connectivity index (χ2n) is 5.09. The first-order chi connectivity index (χ1) is 10.8. The molecule has 0 aromatic heterocycles. The van der Waals surface area contributed by atoms with Gasteiger partial charge in [0.05, 0.1) is 0 Å². The summed E-state index contributed by atoms with van der Waals surface area (Å²) in [5.41, 5.74) is 2.94. The average molecular weight is 343 g/mol. The fraction of sp³-hybridized carbons (Fsp3) is 0.0500. The molecule has 115 valence electrons. The van der Waals surface area contributed by atoms with Crippen molar-refractivity contribution in [1.82, 2.24) is 0 Å². The Morgan fingerprint density at radius 2 is 1.26 bits per heavy atom. The standard InChI is InChI=1S/C20H16O2.Mn/c21-19(16-11-5-2-6-12-16)20(22)18-14-8-7-13-17(18)15-9-3-1-4-10-15;/h1-14,19,21H;. The van der Waals surface area contributed by atoms with E-state index >= 15 is 0 Å². The Hall–Kier alpha value is -2.19. The van der Waals surface area contributed by atoms with Crippen LogP contribution in [0, 0.1) is 0 Å². The maximum Gasteiger partial charge on any atom is 0.196 e. The van der Waals surface area contributed by atoms with Gasteiger partial charge in [0.2, 0.25) is 0 Å². The molecular formula is C20H16MnO2. The summed E-state index contributed by atoms with van der Waals surface area (Å²) in [6, 6.07) is 26.1. The van der Waals surface area contributed by atoms with Crippen molar-refractivity contribution < 1.29 is 27.0 Å². The van der Waals surface area contributed by atoms with Crippen molar-refractivity contribution in [3.63, 3.8) is 0 Å². The van der Waals surface area contributed by atoms with Gasteiger partial charge >= 0.3 is 0 Å². The zero-order chi connectivity index (χ0) is 15.4. The Labute approximate surface area is 146 Å². The van der Waals surface area contributed by atoms with Crippen LogP contribution in [0.5, 0.6) is 0 Å². The maximum absolute atomic E-state index is 12.7. The van der Waals surface area contributed by atoms with Gasteiger partial charge in [-0.05, 0) is 16.7 Å². The van der Waals surface area contributed by atoms with Crippen LogP contribution in [0.2, 0.25) is 0 Å². The molecular weight excluding hydrogens is 327 g/mol. The molecule has 0 bridgehead atoms. The first-order valence-corrected chi connectivity index (χ1v) is 7.19. The molecule has 1 unspecified atom stereocenters. The van der Waals surface area contributed by atoms with E-state index in [1.54, 1.807) is 18.2 Å². The van der Waals surface area contributed by atoms with E-state index < -0.39 is 6.10 Å². The Morgan fingerprint density at radius 1 is 0.739 bits per heavy atom. The minimum atomic E-state index is -1.15. The zero-order valence-corrected chi connectivity index (χ0v) is 13.6. The Balaban J connectivity index is 0.00000192. The van der Waals surface area contributed by atoms with Gasteiger partial charge in [0.15, 0.2) is 5.78 Å². The van der Waals surface area contributed by atoms with Crippen LogP contribution in [0.1, 0.15) is 22.0 Å². The van der Waals surface area contributed by atoms with E-state index in [9.17, 15) is 9.90 Å². The monoisotopic (exact) mass is 343 g/mol. The Morgan fingerprint density at radius 3 is 1.91 bits per heavy atom. The van der Waals surface area contributed by atoms with E-state index in [2.05, 4.69) is 0 Å². The van der Waals surface area contributed by atoms with Gasteiger partial charge in [-0.3, -0.25) is 4.79 Å². The average Bonchev–Trinajstić information content (AvgIpc) is 2.62. The van der Waals surface area contributed by atoms with Gasteiger partial charge in [-0.2, -0.15) is 0 Å². The molecule has 23 heavy (non-hydrogen) atoms. The van der Waals surface area contributed by atoms with Crippen LogP contribution in [-0.2, 0) is 17.1 Å². The third-order valence-corrected chi connectivity index (χ3v) is 3.64. The molecule has 3 aromatic rings. The van der Waals surface area contributed by atoms with Crippen molar-refractivity contribution in [3.8, 4) is 11.1 Å². The van der Waals surface area contributed by atoms with Crippen LogP contribution in [0.3, 0.4) is 0 Å². The minimum absolute atomic E-state index is 0. The molecule has 0 aliphatic rings. The molecule has 3 rings (SSSR count). The summed E-state index contributed by atoms with van der Waals surface area (Å²) in [5.74, 6) is -0.286. The third kappa shape index (κ3) is 3.77. The number of hydrogen-bond donors (Lipinski definition) is 1. The number of Topliss-reactive ketones (excluding diaryl/α,β-unsaturated/α-hetero) is 1. The molecule has 0 spiro atoms. The van der Waals surface area contributed by atoms with Crippen molar-refractivity contribution in [1.29, 1.82) is 0 Å². The van der Waals surface area contributed by atoms with Gasteiger partial charge in [0.25, 0.3) is 0 Å². The van der Waals surface area contributed by atoms with Crippen LogP contribution >= 0.6 is 0 Å². The summed E-state index contributed by atoms with van der Waals surface area (Å²) in [7, 11) is 0. The van der Waals surface area contributed by atoms with Gasteiger partial charge in [-0.15, -0.1) is 0 Å². The van der Waals surface area contributed by atoms with E-state index in [1.807, 2.05) is 66.7 Å². The third-order valence-electron chi connectivity index (χ3n) is 3.64. The number of aliphatic hydroxyl groups excluding tert-OH is 1. The summed E-state index contributed by atoms with van der Waals surface area (Å²) in [4.78, 5) is 12.7. The zero-order valence-electron chi connectivity index (χ0n) is 12.4. The molecule has 0 heterocycles.